The first kappa shape index (κ1) is 21.6. The van der Waals surface area contributed by atoms with Crippen LogP contribution in [0.5, 0.6) is 0 Å². The molecule has 4 aromatic rings. The Labute approximate surface area is 199 Å². The predicted octanol–water partition coefficient (Wildman–Crippen LogP) is 4.04. The maximum Gasteiger partial charge on any atom is 0.266 e. The summed E-state index contributed by atoms with van der Waals surface area (Å²) in [6.07, 6.45) is 0.548. The van der Waals surface area contributed by atoms with E-state index in [0.717, 1.165) is 0 Å². The SMILES string of the molecule is N#Cc1ccc(-n2c(SCCCN3C(=O)c4ccccc4C3=O)nc3ccccc3c2=O)cc1. The number of amides is 2. The Hall–Kier alpha value is -4.22. The molecule has 8 heteroatoms. The molecule has 0 fully saturated rings. The van der Waals surface area contributed by atoms with E-state index in [1.54, 1.807) is 66.7 Å². The van der Waals surface area contributed by atoms with E-state index in [2.05, 4.69) is 6.07 Å². The van der Waals surface area contributed by atoms with E-state index in [1.165, 1.54) is 21.2 Å². The van der Waals surface area contributed by atoms with Gasteiger partial charge in [-0.2, -0.15) is 5.26 Å². The molecule has 0 bridgehead atoms. The summed E-state index contributed by atoms with van der Waals surface area (Å²) in [5.74, 6) is 0.00177. The number of benzene rings is 3. The van der Waals surface area contributed by atoms with Gasteiger partial charge in [-0.25, -0.2) is 4.98 Å². The lowest BCUT2D eigenvalue weighted by molar-refractivity contribution is 0.0655. The first-order valence-corrected chi connectivity index (χ1v) is 11.7. The maximum absolute atomic E-state index is 13.3. The molecule has 0 saturated heterocycles. The van der Waals surface area contributed by atoms with Crippen molar-refractivity contribution in [2.45, 2.75) is 11.6 Å². The Morgan fingerprint density at radius 1 is 0.853 bits per heavy atom. The molecule has 166 valence electrons. The zero-order valence-electron chi connectivity index (χ0n) is 18.0. The lowest BCUT2D eigenvalue weighted by atomic mass is 10.1. The molecule has 0 aliphatic carbocycles. The number of fused-ring (bicyclic) bond motifs is 2. The van der Waals surface area contributed by atoms with Gasteiger partial charge in [0.05, 0.1) is 39.3 Å². The first-order chi connectivity index (χ1) is 16.6. The van der Waals surface area contributed by atoms with Gasteiger partial charge in [-0.1, -0.05) is 36.0 Å². The lowest BCUT2D eigenvalue weighted by Crippen LogP contribution is -2.31. The molecule has 0 atom stereocenters. The van der Waals surface area contributed by atoms with Crippen molar-refractivity contribution in [1.82, 2.24) is 14.5 Å². The molecular formula is C26H18N4O3S. The standard InChI is InChI=1S/C26H18N4O3S/c27-16-17-10-12-18(13-11-17)30-25(33)21-8-3-4-9-22(21)28-26(30)34-15-5-14-29-23(31)19-6-1-2-7-20(19)24(29)32/h1-4,6-13H,5,14-15H2. The van der Waals surface area contributed by atoms with Crippen LogP contribution in [0.25, 0.3) is 16.6 Å². The Bertz CT molecular complexity index is 1500. The Morgan fingerprint density at radius 2 is 1.50 bits per heavy atom. The summed E-state index contributed by atoms with van der Waals surface area (Å²) in [7, 11) is 0. The van der Waals surface area contributed by atoms with Gasteiger partial charge in [-0.3, -0.25) is 23.9 Å². The topological polar surface area (TPSA) is 96.1 Å². The summed E-state index contributed by atoms with van der Waals surface area (Å²) >= 11 is 1.39. The highest BCUT2D eigenvalue weighted by Crippen LogP contribution is 2.25. The summed E-state index contributed by atoms with van der Waals surface area (Å²) in [4.78, 5) is 44.4. The largest absolute Gasteiger partial charge is 0.274 e. The van der Waals surface area contributed by atoms with Crippen molar-refractivity contribution in [3.63, 3.8) is 0 Å². The number of para-hydroxylation sites is 1. The van der Waals surface area contributed by atoms with Crippen LogP contribution in [0, 0.1) is 11.3 Å². The van der Waals surface area contributed by atoms with Gasteiger partial charge in [0, 0.05) is 12.3 Å². The molecule has 0 spiro atoms. The molecular weight excluding hydrogens is 448 g/mol. The van der Waals surface area contributed by atoms with Gasteiger partial charge in [-0.15, -0.1) is 0 Å². The van der Waals surface area contributed by atoms with E-state index in [-0.39, 0.29) is 23.9 Å². The number of nitrogens with zero attached hydrogens (tertiary/aromatic N) is 4. The number of carbonyl (C=O) groups is 2. The molecule has 7 nitrogen and oxygen atoms in total. The van der Waals surface area contributed by atoms with Crippen molar-refractivity contribution < 1.29 is 9.59 Å². The summed E-state index contributed by atoms with van der Waals surface area (Å²) in [6.45, 7) is 0.286. The molecule has 0 radical (unpaired) electrons. The zero-order valence-corrected chi connectivity index (χ0v) is 18.8. The number of thioether (sulfide) groups is 1. The number of rotatable bonds is 6. The Morgan fingerprint density at radius 3 is 2.18 bits per heavy atom. The molecule has 34 heavy (non-hydrogen) atoms. The van der Waals surface area contributed by atoms with Crippen LogP contribution in [-0.4, -0.2) is 38.6 Å². The zero-order chi connectivity index (χ0) is 23.7. The minimum absolute atomic E-state index is 0.196. The molecule has 0 N–H and O–H groups in total. The number of hydrogen-bond donors (Lipinski definition) is 0. The van der Waals surface area contributed by atoms with Crippen LogP contribution in [0.15, 0.2) is 82.7 Å². The van der Waals surface area contributed by atoms with E-state index in [1.807, 2.05) is 6.07 Å². The first-order valence-electron chi connectivity index (χ1n) is 10.7. The average Bonchev–Trinajstić information content (AvgIpc) is 3.12. The number of aromatic nitrogens is 2. The number of imide groups is 1. The van der Waals surface area contributed by atoms with Crippen LogP contribution in [0.1, 0.15) is 32.7 Å². The van der Waals surface area contributed by atoms with Crippen LogP contribution in [-0.2, 0) is 0 Å². The fraction of sp³-hybridized carbons (Fsp3) is 0.115. The van der Waals surface area contributed by atoms with E-state index in [9.17, 15) is 14.4 Å². The quantitative estimate of drug-likeness (QED) is 0.184. The third kappa shape index (κ3) is 3.76. The molecule has 3 aromatic carbocycles. The minimum atomic E-state index is -0.274. The van der Waals surface area contributed by atoms with Crippen molar-refractivity contribution >= 4 is 34.5 Å². The van der Waals surface area contributed by atoms with Gasteiger partial charge in [0.2, 0.25) is 0 Å². The van der Waals surface area contributed by atoms with E-state index in [4.69, 9.17) is 10.2 Å². The average molecular weight is 467 g/mol. The van der Waals surface area contributed by atoms with Crippen LogP contribution in [0.3, 0.4) is 0 Å². The van der Waals surface area contributed by atoms with E-state index < -0.39 is 0 Å². The molecule has 1 aromatic heterocycles. The number of nitriles is 1. The third-order valence-electron chi connectivity index (χ3n) is 5.63. The summed E-state index contributed by atoms with van der Waals surface area (Å²) in [5.41, 5.74) is 2.39. The van der Waals surface area contributed by atoms with Gasteiger partial charge in [-0.05, 0) is 55.0 Å². The second-order valence-electron chi connectivity index (χ2n) is 7.72. The lowest BCUT2D eigenvalue weighted by Gasteiger charge is -2.15. The van der Waals surface area contributed by atoms with Gasteiger partial charge in [0.15, 0.2) is 5.16 Å². The van der Waals surface area contributed by atoms with E-state index in [0.29, 0.717) is 50.6 Å². The summed E-state index contributed by atoms with van der Waals surface area (Å²) in [5, 5.41) is 10.1. The Balaban J connectivity index is 1.38. The smallest absolute Gasteiger partial charge is 0.266 e. The maximum atomic E-state index is 13.3. The third-order valence-corrected chi connectivity index (χ3v) is 6.66. The molecule has 1 aliphatic heterocycles. The highest BCUT2D eigenvalue weighted by Gasteiger charge is 2.34. The summed E-state index contributed by atoms with van der Waals surface area (Å²) in [6, 6.07) is 22.8. The molecule has 1 aliphatic rings. The normalized spacial score (nSPS) is 12.7. The van der Waals surface area contributed by atoms with Gasteiger partial charge >= 0.3 is 0 Å². The van der Waals surface area contributed by atoms with E-state index >= 15 is 0 Å². The number of hydrogen-bond acceptors (Lipinski definition) is 6. The van der Waals surface area contributed by atoms with Crippen molar-refractivity contribution in [1.29, 1.82) is 5.26 Å². The van der Waals surface area contributed by atoms with Gasteiger partial charge < -0.3 is 0 Å². The summed E-state index contributed by atoms with van der Waals surface area (Å²) < 4.78 is 1.54. The fourth-order valence-corrected chi connectivity index (χ4v) is 4.89. The molecule has 5 rings (SSSR count). The van der Waals surface area contributed by atoms with Crippen LogP contribution >= 0.6 is 11.8 Å². The second-order valence-corrected chi connectivity index (χ2v) is 8.78. The molecule has 0 unspecified atom stereocenters. The van der Waals surface area contributed by atoms with Gasteiger partial charge in [0.25, 0.3) is 17.4 Å². The predicted molar refractivity (Wildman–Crippen MR) is 129 cm³/mol. The minimum Gasteiger partial charge on any atom is -0.274 e. The fourth-order valence-electron chi connectivity index (χ4n) is 3.95. The van der Waals surface area contributed by atoms with Gasteiger partial charge in [0.1, 0.15) is 0 Å². The second kappa shape index (κ2) is 8.96. The van der Waals surface area contributed by atoms with Crippen molar-refractivity contribution in [3.8, 4) is 11.8 Å². The molecule has 2 amide bonds. The van der Waals surface area contributed by atoms with Crippen LogP contribution in [0.2, 0.25) is 0 Å². The highest BCUT2D eigenvalue weighted by atomic mass is 32.2. The van der Waals surface area contributed by atoms with Crippen LogP contribution in [0.4, 0.5) is 0 Å². The monoisotopic (exact) mass is 466 g/mol. The van der Waals surface area contributed by atoms with Crippen molar-refractivity contribution in [3.05, 3.63) is 99.8 Å². The van der Waals surface area contributed by atoms with Crippen molar-refractivity contribution in [2.75, 3.05) is 12.3 Å². The van der Waals surface area contributed by atoms with Crippen molar-refractivity contribution in [2.24, 2.45) is 0 Å². The van der Waals surface area contributed by atoms with Crippen LogP contribution < -0.4 is 5.56 Å². The molecule has 2 heterocycles. The number of carbonyl (C=O) groups excluding carboxylic acids is 2. The highest BCUT2D eigenvalue weighted by molar-refractivity contribution is 7.99. The molecule has 0 saturated carbocycles. The Kier molecular flexibility index (Phi) is 5.70.